The molecule has 66 heavy (non-hydrogen) atoms. The number of fused-ring (bicyclic) bond motifs is 5. The third-order valence-corrected chi connectivity index (χ3v) is 14.0. The van der Waals surface area contributed by atoms with Gasteiger partial charge in [0.25, 0.3) is 0 Å². The zero-order valence-electron chi connectivity index (χ0n) is 36.7. The van der Waals surface area contributed by atoms with E-state index < -0.39 is 0 Å². The lowest BCUT2D eigenvalue weighted by Gasteiger charge is -2.36. The summed E-state index contributed by atoms with van der Waals surface area (Å²) in [6, 6.07) is 80.7. The predicted molar refractivity (Wildman–Crippen MR) is 273 cm³/mol. The van der Waals surface area contributed by atoms with Gasteiger partial charge in [0, 0.05) is 22.1 Å². The molecule has 1 aromatic heterocycles. The topological polar surface area (TPSA) is 38.7 Å². The van der Waals surface area contributed by atoms with Gasteiger partial charge in [0.05, 0.1) is 0 Å². The second-order valence-corrected chi connectivity index (χ2v) is 17.9. The van der Waals surface area contributed by atoms with Crippen molar-refractivity contribution in [1.29, 1.82) is 0 Å². The van der Waals surface area contributed by atoms with E-state index in [0.717, 1.165) is 38.9 Å². The average Bonchev–Trinajstić information content (AvgIpc) is 3.67. The van der Waals surface area contributed by atoms with Gasteiger partial charge in [-0.15, -0.1) is 0 Å². The van der Waals surface area contributed by atoms with Crippen LogP contribution in [0.25, 0.3) is 101 Å². The van der Waals surface area contributed by atoms with Crippen LogP contribution in [-0.4, -0.2) is 15.0 Å². The molecule has 10 aromatic rings. The molecule has 0 radical (unpaired) electrons. The van der Waals surface area contributed by atoms with Gasteiger partial charge in [-0.2, -0.15) is 0 Å². The van der Waals surface area contributed by atoms with Crippen LogP contribution < -0.4 is 0 Å². The fraction of sp³-hybridized carbons (Fsp3) is 0.0952. The summed E-state index contributed by atoms with van der Waals surface area (Å²) in [4.78, 5) is 15.2. The zero-order valence-corrected chi connectivity index (χ0v) is 36.7. The molecule has 3 nitrogen and oxygen atoms in total. The Morgan fingerprint density at radius 2 is 0.545 bits per heavy atom. The third-order valence-electron chi connectivity index (χ3n) is 14.0. The lowest BCUT2D eigenvalue weighted by Crippen LogP contribution is -2.28. The zero-order chi connectivity index (χ0) is 43.9. The second-order valence-electron chi connectivity index (χ2n) is 17.9. The highest BCUT2D eigenvalue weighted by molar-refractivity contribution is 5.85. The first-order valence-corrected chi connectivity index (χ1v) is 23.3. The van der Waals surface area contributed by atoms with Crippen LogP contribution in [0.5, 0.6) is 0 Å². The summed E-state index contributed by atoms with van der Waals surface area (Å²) < 4.78 is 0. The Labute approximate surface area is 387 Å². The van der Waals surface area contributed by atoms with Gasteiger partial charge in [0.15, 0.2) is 17.5 Å². The van der Waals surface area contributed by atoms with Gasteiger partial charge in [-0.1, -0.05) is 238 Å². The number of aromatic nitrogens is 3. The van der Waals surface area contributed by atoms with Crippen LogP contribution >= 0.6 is 0 Å². The van der Waals surface area contributed by atoms with E-state index in [4.69, 9.17) is 15.0 Å². The van der Waals surface area contributed by atoms with Crippen LogP contribution in [0, 0.1) is 0 Å². The first-order chi connectivity index (χ1) is 32.6. The molecule has 0 saturated heterocycles. The standard InChI is InChI=1S/C63H47N3/c1-4-12-43(13-5-1)45-26-32-52(33-27-45)60-64-61(53-34-28-46(29-35-53)44-14-6-2-7-15-44)66-62(65-60)54-36-30-50(31-37-54)48-20-18-47(19-21-48)49-22-24-51(25-23-49)55-38-39-57-56-16-8-9-17-58(56)63(59(57)42-55)40-10-3-11-41-63/h1-2,4-9,12-39,42H,3,10-11,40-41H2. The van der Waals surface area contributed by atoms with E-state index in [0.29, 0.717) is 17.5 Å². The van der Waals surface area contributed by atoms with Gasteiger partial charge < -0.3 is 0 Å². The maximum Gasteiger partial charge on any atom is 0.164 e. The third kappa shape index (κ3) is 7.33. The molecule has 12 rings (SSSR count). The molecule has 1 saturated carbocycles. The summed E-state index contributed by atoms with van der Waals surface area (Å²) in [7, 11) is 0. The maximum absolute atomic E-state index is 5.06. The molecule has 0 atom stereocenters. The van der Waals surface area contributed by atoms with Crippen molar-refractivity contribution in [3.8, 4) is 101 Å². The van der Waals surface area contributed by atoms with Gasteiger partial charge in [0.1, 0.15) is 0 Å². The largest absolute Gasteiger partial charge is 0.208 e. The van der Waals surface area contributed by atoms with Crippen LogP contribution in [0.4, 0.5) is 0 Å². The van der Waals surface area contributed by atoms with Crippen LogP contribution in [0.2, 0.25) is 0 Å². The predicted octanol–water partition coefficient (Wildman–Crippen LogP) is 16.4. The lowest BCUT2D eigenvalue weighted by atomic mass is 9.67. The number of benzene rings is 9. The van der Waals surface area contributed by atoms with E-state index in [1.807, 2.05) is 12.1 Å². The van der Waals surface area contributed by atoms with Gasteiger partial charge >= 0.3 is 0 Å². The molecule has 3 heteroatoms. The van der Waals surface area contributed by atoms with Gasteiger partial charge in [-0.05, 0) is 96.8 Å². The highest BCUT2D eigenvalue weighted by atomic mass is 15.0. The highest BCUT2D eigenvalue weighted by Gasteiger charge is 2.43. The second kappa shape index (κ2) is 16.8. The average molecular weight is 846 g/mol. The molecule has 0 bridgehead atoms. The van der Waals surface area contributed by atoms with Crippen molar-refractivity contribution >= 4 is 0 Å². The molecule has 0 aliphatic heterocycles. The SMILES string of the molecule is c1ccc(-c2ccc(-c3nc(-c4ccc(-c5ccccc5)cc4)nc(-c4ccc(-c5ccc(-c6ccc(-c7ccc8c(c7)C7(CCCCC7)c7ccccc7-8)cc6)cc5)cc4)n3)cc2)cc1. The first-order valence-electron chi connectivity index (χ1n) is 23.3. The molecular weight excluding hydrogens is 799 g/mol. The van der Waals surface area contributed by atoms with E-state index in [9.17, 15) is 0 Å². The summed E-state index contributed by atoms with van der Waals surface area (Å²) in [5.41, 5.74) is 20.8. The molecule has 1 fully saturated rings. The Hall–Kier alpha value is -8.01. The van der Waals surface area contributed by atoms with E-state index >= 15 is 0 Å². The van der Waals surface area contributed by atoms with Crippen LogP contribution in [0.1, 0.15) is 43.2 Å². The Morgan fingerprint density at radius 1 is 0.242 bits per heavy atom. The summed E-state index contributed by atoms with van der Waals surface area (Å²) >= 11 is 0. The summed E-state index contributed by atoms with van der Waals surface area (Å²) in [6.45, 7) is 0. The molecule has 2 aliphatic rings. The number of nitrogens with zero attached hydrogens (tertiary/aromatic N) is 3. The summed E-state index contributed by atoms with van der Waals surface area (Å²) in [5.74, 6) is 1.92. The van der Waals surface area contributed by atoms with Crippen molar-refractivity contribution in [2.75, 3.05) is 0 Å². The first kappa shape index (κ1) is 39.6. The number of hydrogen-bond donors (Lipinski definition) is 0. The minimum atomic E-state index is 0.162. The van der Waals surface area contributed by atoms with Crippen LogP contribution in [0.3, 0.4) is 0 Å². The maximum atomic E-state index is 5.06. The van der Waals surface area contributed by atoms with Crippen molar-refractivity contribution in [3.05, 3.63) is 236 Å². The normalized spacial score (nSPS) is 13.6. The molecule has 1 heterocycles. The Bertz CT molecular complexity index is 3210. The number of hydrogen-bond acceptors (Lipinski definition) is 3. The Kier molecular flexibility index (Phi) is 10.1. The fourth-order valence-corrected chi connectivity index (χ4v) is 10.5. The van der Waals surface area contributed by atoms with Crippen LogP contribution in [-0.2, 0) is 5.41 Å². The van der Waals surface area contributed by atoms with Crippen molar-refractivity contribution in [1.82, 2.24) is 15.0 Å². The number of rotatable bonds is 8. The quantitative estimate of drug-likeness (QED) is 0.153. The fourth-order valence-electron chi connectivity index (χ4n) is 10.5. The van der Waals surface area contributed by atoms with Gasteiger partial charge in [0.2, 0.25) is 0 Å². The minimum Gasteiger partial charge on any atom is -0.208 e. The molecule has 0 unspecified atom stereocenters. The molecule has 0 N–H and O–H groups in total. The van der Waals surface area contributed by atoms with Crippen molar-refractivity contribution < 1.29 is 0 Å². The minimum absolute atomic E-state index is 0.162. The Balaban J connectivity index is 0.802. The van der Waals surface area contributed by atoms with Crippen molar-refractivity contribution in [2.24, 2.45) is 0 Å². The van der Waals surface area contributed by atoms with E-state index in [1.54, 1.807) is 5.56 Å². The highest BCUT2D eigenvalue weighted by Crippen LogP contribution is 2.56. The molecule has 9 aromatic carbocycles. The van der Waals surface area contributed by atoms with E-state index in [-0.39, 0.29) is 5.41 Å². The van der Waals surface area contributed by atoms with Gasteiger partial charge in [-0.25, -0.2) is 15.0 Å². The lowest BCUT2D eigenvalue weighted by molar-refractivity contribution is 0.353. The van der Waals surface area contributed by atoms with E-state index in [2.05, 4.69) is 212 Å². The molecule has 0 amide bonds. The van der Waals surface area contributed by atoms with Crippen molar-refractivity contribution in [2.45, 2.75) is 37.5 Å². The van der Waals surface area contributed by atoms with Crippen molar-refractivity contribution in [3.63, 3.8) is 0 Å². The molecule has 314 valence electrons. The summed E-state index contributed by atoms with van der Waals surface area (Å²) in [5, 5.41) is 0. The van der Waals surface area contributed by atoms with Gasteiger partial charge in [-0.3, -0.25) is 0 Å². The Morgan fingerprint density at radius 3 is 0.955 bits per heavy atom. The molecule has 2 aliphatic carbocycles. The molecular formula is C63H47N3. The van der Waals surface area contributed by atoms with E-state index in [1.165, 1.54) is 82.2 Å². The smallest absolute Gasteiger partial charge is 0.164 e. The molecule has 1 spiro atoms. The van der Waals surface area contributed by atoms with Crippen LogP contribution in [0.15, 0.2) is 224 Å². The monoisotopic (exact) mass is 845 g/mol. The summed E-state index contributed by atoms with van der Waals surface area (Å²) in [6.07, 6.45) is 6.44.